The van der Waals surface area contributed by atoms with E-state index in [1.54, 1.807) is 0 Å². The van der Waals surface area contributed by atoms with Gasteiger partial charge >= 0.3 is 12.1 Å². The van der Waals surface area contributed by atoms with E-state index in [0.717, 1.165) is 36.8 Å². The largest absolute Gasteiger partial charge is 0.481 e. The highest BCUT2D eigenvalue weighted by molar-refractivity contribution is 5.80. The minimum absolute atomic E-state index is 0.0175. The molecule has 34 heavy (non-hydrogen) atoms. The third-order valence-electron chi connectivity index (χ3n) is 7.18. The number of amides is 2. The van der Waals surface area contributed by atoms with E-state index in [1.165, 1.54) is 11.1 Å². The lowest BCUT2D eigenvalue weighted by Crippen LogP contribution is -2.44. The minimum Gasteiger partial charge on any atom is -0.481 e. The molecule has 0 aliphatic heterocycles. The smallest absolute Gasteiger partial charge is 0.407 e. The predicted molar refractivity (Wildman–Crippen MR) is 126 cm³/mol. The SMILES string of the molecule is O=C(O)CC(NC(=O)CC(NC(=O)OCC1c2ccccc2-c2ccccc21)C1CC1)C1CC1. The molecule has 0 bridgehead atoms. The van der Waals surface area contributed by atoms with Crippen LogP contribution < -0.4 is 10.6 Å². The molecule has 0 spiro atoms. The summed E-state index contributed by atoms with van der Waals surface area (Å²) in [5.74, 6) is -0.641. The second kappa shape index (κ2) is 9.49. The number of nitrogens with one attached hydrogen (secondary N) is 2. The van der Waals surface area contributed by atoms with Crippen molar-refractivity contribution in [3.05, 3.63) is 59.7 Å². The summed E-state index contributed by atoms with van der Waals surface area (Å²) in [5, 5.41) is 14.9. The van der Waals surface area contributed by atoms with Crippen LogP contribution in [0, 0.1) is 11.8 Å². The van der Waals surface area contributed by atoms with E-state index >= 15 is 0 Å². The van der Waals surface area contributed by atoms with Crippen molar-refractivity contribution < 1.29 is 24.2 Å². The molecule has 2 unspecified atom stereocenters. The number of fused-ring (bicyclic) bond motifs is 3. The van der Waals surface area contributed by atoms with E-state index in [-0.39, 0.29) is 55.2 Å². The molecule has 7 nitrogen and oxygen atoms in total. The average Bonchev–Trinajstić information content (AvgIpc) is 3.73. The van der Waals surface area contributed by atoms with Gasteiger partial charge in [0.2, 0.25) is 5.91 Å². The molecule has 3 aliphatic rings. The van der Waals surface area contributed by atoms with Gasteiger partial charge in [0.25, 0.3) is 0 Å². The van der Waals surface area contributed by atoms with Crippen LogP contribution in [-0.4, -0.2) is 41.8 Å². The number of alkyl carbamates (subject to hydrolysis) is 1. The van der Waals surface area contributed by atoms with Crippen LogP contribution in [0.25, 0.3) is 11.1 Å². The molecule has 0 heterocycles. The number of benzene rings is 2. The molecule has 3 N–H and O–H groups in total. The summed E-state index contributed by atoms with van der Waals surface area (Å²) in [4.78, 5) is 36.4. The molecular weight excluding hydrogens is 432 g/mol. The molecular formula is C27H30N2O5. The van der Waals surface area contributed by atoms with Gasteiger partial charge in [-0.25, -0.2) is 4.79 Å². The Hall–Kier alpha value is -3.35. The number of carboxylic acids is 1. The van der Waals surface area contributed by atoms with Crippen molar-refractivity contribution in [3.63, 3.8) is 0 Å². The molecule has 2 amide bonds. The topological polar surface area (TPSA) is 105 Å². The van der Waals surface area contributed by atoms with E-state index in [2.05, 4.69) is 34.9 Å². The van der Waals surface area contributed by atoms with Gasteiger partial charge in [-0.05, 0) is 59.8 Å². The van der Waals surface area contributed by atoms with Crippen molar-refractivity contribution in [2.75, 3.05) is 6.61 Å². The number of carbonyl (C=O) groups excluding carboxylic acids is 2. The van der Waals surface area contributed by atoms with Gasteiger partial charge in [-0.3, -0.25) is 9.59 Å². The van der Waals surface area contributed by atoms with Gasteiger partial charge in [-0.1, -0.05) is 48.5 Å². The summed E-state index contributed by atoms with van der Waals surface area (Å²) < 4.78 is 5.65. The number of carboxylic acid groups (broad SMARTS) is 1. The summed E-state index contributed by atoms with van der Waals surface area (Å²) in [6, 6.07) is 15.7. The third kappa shape index (κ3) is 5.08. The summed E-state index contributed by atoms with van der Waals surface area (Å²) >= 11 is 0. The average molecular weight is 463 g/mol. The Morgan fingerprint density at radius 2 is 1.35 bits per heavy atom. The maximum absolute atomic E-state index is 12.7. The van der Waals surface area contributed by atoms with Crippen LogP contribution in [0.2, 0.25) is 0 Å². The van der Waals surface area contributed by atoms with Crippen molar-refractivity contribution in [2.24, 2.45) is 11.8 Å². The van der Waals surface area contributed by atoms with E-state index in [4.69, 9.17) is 9.84 Å². The van der Waals surface area contributed by atoms with Crippen LogP contribution in [0.4, 0.5) is 4.79 Å². The van der Waals surface area contributed by atoms with Gasteiger partial charge in [-0.2, -0.15) is 0 Å². The highest BCUT2D eigenvalue weighted by atomic mass is 16.5. The fraction of sp³-hybridized carbons (Fsp3) is 0.444. The standard InChI is InChI=1S/C27H30N2O5/c30-25(28-24(14-26(31)32)17-11-12-17)13-23(16-9-10-16)29-27(33)34-15-22-20-7-3-1-5-18(20)19-6-2-4-8-21(19)22/h1-8,16-17,22-24H,9-15H2,(H,28,30)(H,29,33)(H,31,32). The fourth-order valence-corrected chi connectivity index (χ4v) is 5.11. The number of ether oxygens (including phenoxy) is 1. The number of carbonyl (C=O) groups is 3. The Balaban J connectivity index is 1.17. The van der Waals surface area contributed by atoms with Crippen LogP contribution in [0.5, 0.6) is 0 Å². The molecule has 7 heteroatoms. The Labute approximate surface area is 198 Å². The van der Waals surface area contributed by atoms with Crippen LogP contribution in [-0.2, 0) is 14.3 Å². The summed E-state index contributed by atoms with van der Waals surface area (Å²) in [7, 11) is 0. The molecule has 2 aromatic rings. The van der Waals surface area contributed by atoms with Gasteiger partial charge in [0.15, 0.2) is 0 Å². The van der Waals surface area contributed by atoms with Crippen LogP contribution >= 0.6 is 0 Å². The Morgan fingerprint density at radius 1 is 0.824 bits per heavy atom. The van der Waals surface area contributed by atoms with Crippen molar-refractivity contribution in [1.82, 2.24) is 10.6 Å². The molecule has 2 aromatic carbocycles. The predicted octanol–water partition coefficient (Wildman–Crippen LogP) is 4.06. The quantitative estimate of drug-likeness (QED) is 0.494. The normalized spacial score (nSPS) is 18.4. The maximum Gasteiger partial charge on any atom is 0.407 e. The zero-order valence-corrected chi connectivity index (χ0v) is 19.0. The molecule has 3 aliphatic carbocycles. The third-order valence-corrected chi connectivity index (χ3v) is 7.18. The first-order valence-electron chi connectivity index (χ1n) is 12.1. The van der Waals surface area contributed by atoms with Gasteiger partial charge in [0, 0.05) is 24.4 Å². The number of aliphatic carboxylic acids is 1. The molecule has 5 rings (SSSR count). The van der Waals surface area contributed by atoms with E-state index in [1.807, 2.05) is 24.3 Å². The lowest BCUT2D eigenvalue weighted by atomic mass is 9.98. The second-order valence-electron chi connectivity index (χ2n) is 9.73. The highest BCUT2D eigenvalue weighted by Gasteiger charge is 2.37. The molecule has 0 saturated heterocycles. The summed E-state index contributed by atoms with van der Waals surface area (Å²) in [6.45, 7) is 0.228. The Morgan fingerprint density at radius 3 is 1.88 bits per heavy atom. The van der Waals surface area contributed by atoms with Gasteiger partial charge in [0.05, 0.1) is 6.42 Å². The van der Waals surface area contributed by atoms with Crippen molar-refractivity contribution >= 4 is 18.0 Å². The monoisotopic (exact) mass is 462 g/mol. The molecule has 2 atom stereocenters. The van der Waals surface area contributed by atoms with Crippen molar-refractivity contribution in [3.8, 4) is 11.1 Å². The van der Waals surface area contributed by atoms with E-state index in [9.17, 15) is 14.4 Å². The molecule has 2 saturated carbocycles. The molecule has 0 aromatic heterocycles. The maximum atomic E-state index is 12.7. The zero-order valence-electron chi connectivity index (χ0n) is 19.0. The summed E-state index contributed by atoms with van der Waals surface area (Å²) in [5.41, 5.74) is 4.65. The van der Waals surface area contributed by atoms with Gasteiger partial charge in [0.1, 0.15) is 6.61 Å². The molecule has 0 radical (unpaired) electrons. The lowest BCUT2D eigenvalue weighted by molar-refractivity contribution is -0.137. The van der Waals surface area contributed by atoms with E-state index < -0.39 is 12.1 Å². The number of rotatable bonds is 10. The Kier molecular flexibility index (Phi) is 6.26. The Bertz CT molecular complexity index is 1050. The minimum atomic E-state index is -0.910. The molecule has 2 fully saturated rings. The van der Waals surface area contributed by atoms with Crippen LogP contribution in [0.1, 0.15) is 55.6 Å². The van der Waals surface area contributed by atoms with Crippen molar-refractivity contribution in [2.45, 2.75) is 56.5 Å². The van der Waals surface area contributed by atoms with Crippen LogP contribution in [0.15, 0.2) is 48.5 Å². The van der Waals surface area contributed by atoms with E-state index in [0.29, 0.717) is 0 Å². The van der Waals surface area contributed by atoms with Crippen molar-refractivity contribution in [1.29, 1.82) is 0 Å². The van der Waals surface area contributed by atoms with Gasteiger partial charge in [-0.15, -0.1) is 0 Å². The van der Waals surface area contributed by atoms with Gasteiger partial charge < -0.3 is 20.5 Å². The number of hydrogen-bond acceptors (Lipinski definition) is 4. The lowest BCUT2D eigenvalue weighted by Gasteiger charge is -2.21. The second-order valence-corrected chi connectivity index (χ2v) is 9.73. The first-order chi connectivity index (χ1) is 16.5. The summed E-state index contributed by atoms with van der Waals surface area (Å²) in [6.07, 6.45) is 3.37. The molecule has 178 valence electrons. The first-order valence-corrected chi connectivity index (χ1v) is 12.1. The fourth-order valence-electron chi connectivity index (χ4n) is 5.11. The highest BCUT2D eigenvalue weighted by Crippen LogP contribution is 2.44. The first kappa shape index (κ1) is 22.4. The zero-order chi connectivity index (χ0) is 23.7. The number of hydrogen-bond donors (Lipinski definition) is 3. The van der Waals surface area contributed by atoms with Crippen LogP contribution in [0.3, 0.4) is 0 Å².